The topological polar surface area (TPSA) is 3.24 Å². The summed E-state index contributed by atoms with van der Waals surface area (Å²) >= 11 is 5.67. The molecule has 0 N–H and O–H groups in total. The van der Waals surface area contributed by atoms with E-state index < -0.39 is 0 Å². The summed E-state index contributed by atoms with van der Waals surface area (Å²) in [5, 5.41) is 0. The molecule has 72 valence electrons. The van der Waals surface area contributed by atoms with Crippen LogP contribution >= 0.6 is 11.6 Å². The van der Waals surface area contributed by atoms with E-state index in [0.717, 1.165) is 24.1 Å². The zero-order chi connectivity index (χ0) is 8.97. The summed E-state index contributed by atoms with van der Waals surface area (Å²) in [5.74, 6) is 2.56. The lowest BCUT2D eigenvalue weighted by Gasteiger charge is -2.34. The lowest BCUT2D eigenvalue weighted by atomic mass is 9.92. The molecular weight excluding hydrogens is 170 g/mol. The maximum atomic E-state index is 5.67. The Labute approximate surface area is 81.1 Å². The third kappa shape index (κ3) is 3.32. The third-order valence-electron chi connectivity index (χ3n) is 2.55. The molecule has 0 aromatic carbocycles. The van der Waals surface area contributed by atoms with Gasteiger partial charge in [-0.3, -0.25) is 0 Å². The molecule has 1 aliphatic heterocycles. The van der Waals surface area contributed by atoms with E-state index in [9.17, 15) is 0 Å². The van der Waals surface area contributed by atoms with Crippen LogP contribution in [0, 0.1) is 11.8 Å². The summed E-state index contributed by atoms with van der Waals surface area (Å²) in [5.41, 5.74) is 0. The Morgan fingerprint density at radius 3 is 2.33 bits per heavy atom. The molecule has 0 saturated carbocycles. The first-order chi connectivity index (χ1) is 5.72. The highest BCUT2D eigenvalue weighted by Crippen LogP contribution is 2.20. The number of rotatable bonds is 3. The predicted octanol–water partition coefficient (Wildman–Crippen LogP) is 2.59. The van der Waals surface area contributed by atoms with Crippen molar-refractivity contribution in [2.75, 3.05) is 25.5 Å². The summed E-state index contributed by atoms with van der Waals surface area (Å²) in [7, 11) is 0. The van der Waals surface area contributed by atoms with Crippen molar-refractivity contribution in [2.24, 2.45) is 11.8 Å². The van der Waals surface area contributed by atoms with E-state index in [1.54, 1.807) is 0 Å². The second kappa shape index (κ2) is 5.08. The van der Waals surface area contributed by atoms with Gasteiger partial charge in [0, 0.05) is 19.0 Å². The number of piperidine rings is 1. The first-order valence-electron chi connectivity index (χ1n) is 5.00. The smallest absolute Gasteiger partial charge is 0.0235 e. The molecule has 1 fully saturated rings. The summed E-state index contributed by atoms with van der Waals surface area (Å²) in [4.78, 5) is 2.56. The standard InChI is InChI=1S/C10H20ClN/c1-9-6-10(2)8-12(7-9)5-3-4-11/h9-10H,3-8H2,1-2H3. The van der Waals surface area contributed by atoms with Gasteiger partial charge in [-0.2, -0.15) is 0 Å². The maximum absolute atomic E-state index is 5.67. The Kier molecular flexibility index (Phi) is 4.38. The van der Waals surface area contributed by atoms with Crippen LogP contribution in [0.5, 0.6) is 0 Å². The SMILES string of the molecule is CC1CC(C)CN(CCCCl)C1. The maximum Gasteiger partial charge on any atom is 0.0235 e. The molecule has 2 unspecified atom stereocenters. The van der Waals surface area contributed by atoms with E-state index >= 15 is 0 Å². The summed E-state index contributed by atoms with van der Waals surface area (Å²) in [6.45, 7) is 8.45. The molecule has 1 aliphatic rings. The molecule has 1 nitrogen and oxygen atoms in total. The number of alkyl halides is 1. The van der Waals surface area contributed by atoms with Gasteiger partial charge in [-0.15, -0.1) is 11.6 Å². The molecule has 0 radical (unpaired) electrons. The molecule has 1 heterocycles. The van der Waals surface area contributed by atoms with Gasteiger partial charge in [-0.25, -0.2) is 0 Å². The Hall–Kier alpha value is 0.250. The van der Waals surface area contributed by atoms with E-state index in [-0.39, 0.29) is 0 Å². The van der Waals surface area contributed by atoms with Crippen LogP contribution in [0.4, 0.5) is 0 Å². The molecule has 12 heavy (non-hydrogen) atoms. The van der Waals surface area contributed by atoms with Crippen LogP contribution in [0.25, 0.3) is 0 Å². The van der Waals surface area contributed by atoms with Gasteiger partial charge in [-0.1, -0.05) is 13.8 Å². The van der Waals surface area contributed by atoms with Crippen molar-refractivity contribution >= 4 is 11.6 Å². The van der Waals surface area contributed by atoms with Gasteiger partial charge in [0.05, 0.1) is 0 Å². The highest BCUT2D eigenvalue weighted by molar-refractivity contribution is 6.17. The first kappa shape index (κ1) is 10.3. The molecule has 0 aliphatic carbocycles. The molecule has 0 amide bonds. The van der Waals surface area contributed by atoms with Crippen LogP contribution in [0.2, 0.25) is 0 Å². The van der Waals surface area contributed by atoms with Gasteiger partial charge in [-0.05, 0) is 31.2 Å². The quantitative estimate of drug-likeness (QED) is 0.617. The normalized spacial score (nSPS) is 32.2. The van der Waals surface area contributed by atoms with Gasteiger partial charge in [0.25, 0.3) is 0 Å². The van der Waals surface area contributed by atoms with Crippen molar-refractivity contribution in [3.05, 3.63) is 0 Å². The largest absolute Gasteiger partial charge is 0.303 e. The van der Waals surface area contributed by atoms with Crippen LogP contribution in [0.3, 0.4) is 0 Å². The van der Waals surface area contributed by atoms with Crippen molar-refractivity contribution in [3.63, 3.8) is 0 Å². The minimum Gasteiger partial charge on any atom is -0.303 e. The van der Waals surface area contributed by atoms with Crippen molar-refractivity contribution in [3.8, 4) is 0 Å². The van der Waals surface area contributed by atoms with E-state index in [4.69, 9.17) is 11.6 Å². The number of likely N-dealkylation sites (tertiary alicyclic amines) is 1. The molecule has 2 heteroatoms. The predicted molar refractivity (Wildman–Crippen MR) is 54.7 cm³/mol. The molecular formula is C10H20ClN. The van der Waals surface area contributed by atoms with Gasteiger partial charge >= 0.3 is 0 Å². The number of halogens is 1. The summed E-state index contributed by atoms with van der Waals surface area (Å²) < 4.78 is 0. The van der Waals surface area contributed by atoms with Crippen LogP contribution < -0.4 is 0 Å². The van der Waals surface area contributed by atoms with Gasteiger partial charge in [0.1, 0.15) is 0 Å². The molecule has 0 bridgehead atoms. The van der Waals surface area contributed by atoms with Gasteiger partial charge in [0.15, 0.2) is 0 Å². The molecule has 0 spiro atoms. The Balaban J connectivity index is 2.24. The second-order valence-corrected chi connectivity index (χ2v) is 4.63. The molecule has 2 atom stereocenters. The van der Waals surface area contributed by atoms with Crippen molar-refractivity contribution in [2.45, 2.75) is 26.7 Å². The minimum atomic E-state index is 0.805. The second-order valence-electron chi connectivity index (χ2n) is 4.25. The highest BCUT2D eigenvalue weighted by atomic mass is 35.5. The van der Waals surface area contributed by atoms with Crippen LogP contribution in [-0.4, -0.2) is 30.4 Å². The Morgan fingerprint density at radius 2 is 1.83 bits per heavy atom. The summed E-state index contributed by atoms with van der Waals surface area (Å²) in [6, 6.07) is 0. The number of hydrogen-bond donors (Lipinski definition) is 0. The third-order valence-corrected chi connectivity index (χ3v) is 2.82. The van der Waals surface area contributed by atoms with Crippen LogP contribution in [0.15, 0.2) is 0 Å². The summed E-state index contributed by atoms with van der Waals surface area (Å²) in [6.07, 6.45) is 2.54. The van der Waals surface area contributed by atoms with Crippen molar-refractivity contribution < 1.29 is 0 Å². The fourth-order valence-electron chi connectivity index (χ4n) is 2.26. The van der Waals surface area contributed by atoms with E-state index in [1.807, 2.05) is 0 Å². The molecule has 0 aromatic rings. The Bertz CT molecular complexity index is 117. The number of hydrogen-bond acceptors (Lipinski definition) is 1. The monoisotopic (exact) mass is 189 g/mol. The lowest BCUT2D eigenvalue weighted by molar-refractivity contribution is 0.141. The highest BCUT2D eigenvalue weighted by Gasteiger charge is 2.20. The first-order valence-corrected chi connectivity index (χ1v) is 5.54. The minimum absolute atomic E-state index is 0.805. The van der Waals surface area contributed by atoms with Crippen LogP contribution in [-0.2, 0) is 0 Å². The van der Waals surface area contributed by atoms with E-state index in [1.165, 1.54) is 26.1 Å². The van der Waals surface area contributed by atoms with Gasteiger partial charge < -0.3 is 4.90 Å². The fourth-order valence-corrected chi connectivity index (χ4v) is 2.38. The van der Waals surface area contributed by atoms with E-state index in [0.29, 0.717) is 0 Å². The van der Waals surface area contributed by atoms with E-state index in [2.05, 4.69) is 18.7 Å². The fraction of sp³-hybridized carbons (Fsp3) is 1.00. The zero-order valence-corrected chi connectivity index (χ0v) is 8.98. The average molecular weight is 190 g/mol. The lowest BCUT2D eigenvalue weighted by Crippen LogP contribution is -2.39. The van der Waals surface area contributed by atoms with Crippen LogP contribution in [0.1, 0.15) is 26.7 Å². The van der Waals surface area contributed by atoms with Crippen molar-refractivity contribution in [1.82, 2.24) is 4.90 Å². The average Bonchev–Trinajstić information content (AvgIpc) is 1.99. The zero-order valence-electron chi connectivity index (χ0n) is 8.22. The molecule has 0 aromatic heterocycles. The Morgan fingerprint density at radius 1 is 1.25 bits per heavy atom. The number of nitrogens with zero attached hydrogens (tertiary/aromatic N) is 1. The molecule has 1 saturated heterocycles. The van der Waals surface area contributed by atoms with Crippen molar-refractivity contribution in [1.29, 1.82) is 0 Å². The van der Waals surface area contributed by atoms with Gasteiger partial charge in [0.2, 0.25) is 0 Å². The molecule has 1 rings (SSSR count).